The van der Waals surface area contributed by atoms with E-state index in [1.807, 2.05) is 0 Å². The molecule has 2 heteroatoms. The normalized spacial score (nSPS) is 12.0. The molecule has 0 saturated heterocycles. The van der Waals surface area contributed by atoms with Gasteiger partial charge in [-0.1, -0.05) is 77.6 Å². The molecular weight excluding hydrogens is 246 g/mol. The Morgan fingerprint density at radius 2 is 1.40 bits per heavy atom. The Morgan fingerprint density at radius 3 is 1.95 bits per heavy atom. The molecule has 20 heavy (non-hydrogen) atoms. The monoisotopic (exact) mass is 282 g/mol. The summed E-state index contributed by atoms with van der Waals surface area (Å²) in [6, 6.07) is 0. The molecule has 0 aromatic rings. The summed E-state index contributed by atoms with van der Waals surface area (Å²) in [7, 11) is 0. The highest BCUT2D eigenvalue weighted by Gasteiger charge is 1.95. The number of hydrogen-bond acceptors (Lipinski definition) is 2. The first-order chi connectivity index (χ1) is 9.81. The van der Waals surface area contributed by atoms with E-state index in [4.69, 9.17) is 10.8 Å². The van der Waals surface area contributed by atoms with Crippen LogP contribution in [0.4, 0.5) is 0 Å². The lowest BCUT2D eigenvalue weighted by molar-refractivity contribution is 0.341. The largest absolute Gasteiger partial charge is 0.402 e. The molecule has 0 aromatic heterocycles. The van der Waals surface area contributed by atoms with Crippen molar-refractivity contribution in [3.63, 3.8) is 0 Å². The number of unbranched alkanes of at least 4 members (excludes halogenated alkanes) is 12. The van der Waals surface area contributed by atoms with Crippen LogP contribution in [0.3, 0.4) is 0 Å². The summed E-state index contributed by atoms with van der Waals surface area (Å²) in [5.74, 6) is 0. The predicted molar refractivity (Wildman–Crippen MR) is 89.4 cm³/mol. The molecule has 0 aliphatic carbocycles. The Kier molecular flexibility index (Phi) is 16.1. The Labute approximate surface area is 126 Å². The molecule has 0 spiro atoms. The highest BCUT2D eigenvalue weighted by molar-refractivity contribution is 4.96. The first-order valence-corrected chi connectivity index (χ1v) is 8.68. The Morgan fingerprint density at radius 1 is 0.850 bits per heavy atom. The van der Waals surface area contributed by atoms with Crippen molar-refractivity contribution in [3.05, 3.63) is 18.2 Å². The van der Waals surface area contributed by atoms with E-state index in [0.717, 1.165) is 18.5 Å². The second-order valence-electron chi connectivity index (χ2n) is 5.76. The molecule has 0 bridgehead atoms. The minimum Gasteiger partial charge on any atom is -0.402 e. The highest BCUT2D eigenvalue weighted by atomic mass is 16.2. The molecule has 1 radical (unpaired) electrons. The number of rotatable bonds is 15. The van der Waals surface area contributed by atoms with E-state index < -0.39 is 0 Å². The van der Waals surface area contributed by atoms with Crippen LogP contribution in [0.2, 0.25) is 0 Å². The first-order valence-electron chi connectivity index (χ1n) is 8.68. The van der Waals surface area contributed by atoms with Crippen LogP contribution in [0.1, 0.15) is 90.4 Å². The molecule has 0 unspecified atom stereocenters. The van der Waals surface area contributed by atoms with Gasteiger partial charge in [-0.2, -0.15) is 0 Å². The maximum absolute atomic E-state index is 8.67. The summed E-state index contributed by atoms with van der Waals surface area (Å²) in [6.07, 6.45) is 21.1. The Balaban J connectivity index is 3.04. The predicted octanol–water partition coefficient (Wildman–Crippen LogP) is 5.12. The van der Waals surface area contributed by atoms with Gasteiger partial charge in [-0.05, 0) is 25.3 Å². The van der Waals surface area contributed by atoms with Crippen LogP contribution in [0, 0.1) is 6.42 Å². The fraction of sp³-hybridized carbons (Fsp3) is 0.833. The molecule has 3 N–H and O–H groups in total. The first kappa shape index (κ1) is 19.5. The third-order valence-electron chi connectivity index (χ3n) is 3.75. The van der Waals surface area contributed by atoms with Crippen molar-refractivity contribution in [3.8, 4) is 0 Å². The van der Waals surface area contributed by atoms with Crippen molar-refractivity contribution in [1.82, 2.24) is 0 Å². The maximum Gasteiger partial charge on any atom is 0.0631 e. The van der Waals surface area contributed by atoms with Gasteiger partial charge in [0, 0.05) is 5.70 Å². The number of hydrogen-bond donors (Lipinski definition) is 2. The summed E-state index contributed by atoms with van der Waals surface area (Å²) in [5, 5.41) is 8.67. The summed E-state index contributed by atoms with van der Waals surface area (Å²) >= 11 is 0. The third-order valence-corrected chi connectivity index (χ3v) is 3.75. The molecule has 2 nitrogen and oxygen atoms in total. The van der Waals surface area contributed by atoms with E-state index in [0.29, 0.717) is 0 Å². The topological polar surface area (TPSA) is 46.2 Å². The van der Waals surface area contributed by atoms with E-state index in [9.17, 15) is 0 Å². The SMILES string of the molecule is CCCCCCCCCCCC[CH]CCC(N)=CCO. The van der Waals surface area contributed by atoms with Crippen LogP contribution in [-0.2, 0) is 0 Å². The Hall–Kier alpha value is -0.500. The van der Waals surface area contributed by atoms with E-state index in [1.165, 1.54) is 70.6 Å². The van der Waals surface area contributed by atoms with Crippen LogP contribution in [0.25, 0.3) is 0 Å². The smallest absolute Gasteiger partial charge is 0.0631 e. The Bertz CT molecular complexity index is 213. The molecule has 0 aliphatic heterocycles. The molecule has 0 heterocycles. The maximum atomic E-state index is 8.67. The number of nitrogens with two attached hydrogens (primary N) is 1. The van der Waals surface area contributed by atoms with Gasteiger partial charge in [0.1, 0.15) is 0 Å². The summed E-state index contributed by atoms with van der Waals surface area (Å²) < 4.78 is 0. The van der Waals surface area contributed by atoms with Crippen LogP contribution in [0.5, 0.6) is 0 Å². The minimum absolute atomic E-state index is 0.0598. The lowest BCUT2D eigenvalue weighted by Crippen LogP contribution is -1.98. The standard InChI is InChI=1S/C18H36NO/c1-2-3-4-5-6-7-8-9-10-11-12-13-14-15-18(19)16-17-20/h13,16,20H,2-12,14-15,17,19H2,1H3. The van der Waals surface area contributed by atoms with Gasteiger partial charge in [0.05, 0.1) is 6.61 Å². The van der Waals surface area contributed by atoms with Crippen molar-refractivity contribution in [1.29, 1.82) is 0 Å². The van der Waals surface area contributed by atoms with Crippen molar-refractivity contribution in [2.45, 2.75) is 90.4 Å². The van der Waals surface area contributed by atoms with E-state index >= 15 is 0 Å². The zero-order valence-corrected chi connectivity index (χ0v) is 13.6. The van der Waals surface area contributed by atoms with Crippen molar-refractivity contribution in [2.75, 3.05) is 6.61 Å². The van der Waals surface area contributed by atoms with Crippen LogP contribution >= 0.6 is 0 Å². The molecule has 0 aliphatic rings. The second-order valence-corrected chi connectivity index (χ2v) is 5.76. The van der Waals surface area contributed by atoms with Crippen molar-refractivity contribution >= 4 is 0 Å². The van der Waals surface area contributed by atoms with Gasteiger partial charge in [-0.25, -0.2) is 0 Å². The molecule has 0 atom stereocenters. The lowest BCUT2D eigenvalue weighted by atomic mass is 10.0. The lowest BCUT2D eigenvalue weighted by Gasteiger charge is -2.03. The molecule has 0 fully saturated rings. The van der Waals surface area contributed by atoms with Crippen molar-refractivity contribution in [2.24, 2.45) is 5.73 Å². The summed E-state index contributed by atoms with van der Waals surface area (Å²) in [6.45, 7) is 2.33. The van der Waals surface area contributed by atoms with Gasteiger partial charge in [-0.15, -0.1) is 0 Å². The van der Waals surface area contributed by atoms with Crippen LogP contribution in [0.15, 0.2) is 11.8 Å². The molecule has 119 valence electrons. The fourth-order valence-corrected chi connectivity index (χ4v) is 2.41. The van der Waals surface area contributed by atoms with Gasteiger partial charge < -0.3 is 10.8 Å². The van der Waals surface area contributed by atoms with Gasteiger partial charge in [-0.3, -0.25) is 0 Å². The van der Waals surface area contributed by atoms with Gasteiger partial charge >= 0.3 is 0 Å². The molecule has 0 saturated carbocycles. The summed E-state index contributed by atoms with van der Waals surface area (Å²) in [5.41, 5.74) is 6.52. The van der Waals surface area contributed by atoms with Crippen LogP contribution in [-0.4, -0.2) is 11.7 Å². The van der Waals surface area contributed by atoms with Gasteiger partial charge in [0.2, 0.25) is 0 Å². The fourth-order valence-electron chi connectivity index (χ4n) is 2.41. The number of aliphatic hydroxyl groups is 1. The molecule has 0 rings (SSSR count). The zero-order chi connectivity index (χ0) is 14.9. The van der Waals surface area contributed by atoms with Crippen molar-refractivity contribution < 1.29 is 5.11 Å². The van der Waals surface area contributed by atoms with E-state index in [2.05, 4.69) is 13.3 Å². The van der Waals surface area contributed by atoms with Crippen LogP contribution < -0.4 is 5.73 Å². The number of aliphatic hydroxyl groups excluding tert-OH is 1. The highest BCUT2D eigenvalue weighted by Crippen LogP contribution is 2.13. The second kappa shape index (κ2) is 16.6. The van der Waals surface area contributed by atoms with Gasteiger partial charge in [0.25, 0.3) is 0 Å². The summed E-state index contributed by atoms with van der Waals surface area (Å²) in [4.78, 5) is 0. The average molecular weight is 282 g/mol. The van der Waals surface area contributed by atoms with E-state index in [1.54, 1.807) is 6.08 Å². The molecule has 0 amide bonds. The third kappa shape index (κ3) is 15.6. The van der Waals surface area contributed by atoms with E-state index in [-0.39, 0.29) is 6.61 Å². The zero-order valence-electron chi connectivity index (χ0n) is 13.6. The quantitative estimate of drug-likeness (QED) is 0.410. The molecule has 0 aromatic carbocycles. The molecular formula is C18H36NO. The van der Waals surface area contributed by atoms with Gasteiger partial charge in [0.15, 0.2) is 0 Å². The minimum atomic E-state index is 0.0598. The number of allylic oxidation sites excluding steroid dienone is 1. The average Bonchev–Trinajstić information content (AvgIpc) is 2.44.